The lowest BCUT2D eigenvalue weighted by Crippen LogP contribution is -2.45. The number of nitrogens with one attached hydrogen (secondary N) is 2. The fourth-order valence-electron chi connectivity index (χ4n) is 3.34. The SMILES string of the molecule is CCn1c(CC(CNC)N(C)C(=O)C=O)nc(C(=O)NCC2=CCC(Cl)=C(F)C=C2)c(O)c1=O. The lowest BCUT2D eigenvalue weighted by atomic mass is 10.1. The number of aldehydes is 1. The number of hydrogen-bond acceptors (Lipinski definition) is 7. The monoisotopic (exact) mass is 495 g/mol. The maximum Gasteiger partial charge on any atom is 0.296 e. The van der Waals surface area contributed by atoms with Gasteiger partial charge in [0, 0.05) is 39.5 Å². The van der Waals surface area contributed by atoms with Crippen LogP contribution in [0, 0.1) is 0 Å². The second-order valence-electron chi connectivity index (χ2n) is 7.51. The Kier molecular flexibility index (Phi) is 9.69. The highest BCUT2D eigenvalue weighted by atomic mass is 35.5. The molecule has 1 aliphatic carbocycles. The van der Waals surface area contributed by atoms with Crippen LogP contribution < -0.4 is 16.2 Å². The van der Waals surface area contributed by atoms with Gasteiger partial charge < -0.3 is 20.6 Å². The van der Waals surface area contributed by atoms with Gasteiger partial charge >= 0.3 is 0 Å². The number of halogens is 2. The van der Waals surface area contributed by atoms with Crippen LogP contribution in [0.5, 0.6) is 5.75 Å². The molecule has 2 amide bonds. The van der Waals surface area contributed by atoms with Gasteiger partial charge in [0.2, 0.25) is 12.0 Å². The molecule has 0 radical (unpaired) electrons. The van der Waals surface area contributed by atoms with Gasteiger partial charge in [0.05, 0.1) is 11.1 Å². The standard InChI is InChI=1S/C22H27ClFN5O5/c1-4-29-17(9-14(11-25-2)28(3)18(31)12-30)27-19(20(32)22(29)34)21(33)26-10-13-5-7-15(23)16(24)8-6-13/h5-6,8,12,14,25,32H,4,7,9-11H2,1-3H3,(H,26,33). The van der Waals surface area contributed by atoms with Crippen molar-refractivity contribution >= 4 is 29.7 Å². The number of allylic oxidation sites excluding steroid dienone is 4. The Morgan fingerprint density at radius 1 is 1.41 bits per heavy atom. The normalized spacial score (nSPS) is 14.3. The molecular formula is C22H27ClFN5O5. The number of aromatic hydroxyl groups is 1. The number of carbonyl (C=O) groups is 3. The Bertz CT molecular complexity index is 1110. The zero-order chi connectivity index (χ0) is 25.4. The molecule has 1 aromatic heterocycles. The first-order chi connectivity index (χ1) is 16.1. The molecule has 1 unspecified atom stereocenters. The molecule has 0 saturated carbocycles. The van der Waals surface area contributed by atoms with Gasteiger partial charge in [-0.15, -0.1) is 0 Å². The van der Waals surface area contributed by atoms with Gasteiger partial charge in [0.25, 0.3) is 17.4 Å². The maximum atomic E-state index is 13.6. The van der Waals surface area contributed by atoms with E-state index in [1.165, 1.54) is 28.7 Å². The summed E-state index contributed by atoms with van der Waals surface area (Å²) in [5, 5.41) is 15.8. The fraction of sp³-hybridized carbons (Fsp3) is 0.409. The van der Waals surface area contributed by atoms with Crippen molar-refractivity contribution in [3.05, 3.63) is 56.5 Å². The fourth-order valence-corrected chi connectivity index (χ4v) is 3.48. The summed E-state index contributed by atoms with van der Waals surface area (Å²) >= 11 is 5.79. The molecule has 12 heteroatoms. The van der Waals surface area contributed by atoms with E-state index >= 15 is 0 Å². The van der Waals surface area contributed by atoms with Crippen LogP contribution in [0.3, 0.4) is 0 Å². The zero-order valence-electron chi connectivity index (χ0n) is 19.1. The van der Waals surface area contributed by atoms with E-state index in [9.17, 15) is 28.7 Å². The molecule has 2 rings (SSSR count). The van der Waals surface area contributed by atoms with Gasteiger partial charge in [0.15, 0.2) is 5.69 Å². The van der Waals surface area contributed by atoms with Crippen LogP contribution in [0.4, 0.5) is 4.39 Å². The van der Waals surface area contributed by atoms with E-state index in [0.29, 0.717) is 5.57 Å². The first-order valence-electron chi connectivity index (χ1n) is 10.5. The summed E-state index contributed by atoms with van der Waals surface area (Å²) in [6.07, 6.45) is 4.67. The summed E-state index contributed by atoms with van der Waals surface area (Å²) in [7, 11) is 3.10. The molecular weight excluding hydrogens is 469 g/mol. The summed E-state index contributed by atoms with van der Waals surface area (Å²) in [4.78, 5) is 53.7. The van der Waals surface area contributed by atoms with E-state index in [-0.39, 0.29) is 49.6 Å². The van der Waals surface area contributed by atoms with E-state index in [4.69, 9.17) is 11.6 Å². The van der Waals surface area contributed by atoms with Crippen molar-refractivity contribution in [1.82, 2.24) is 25.1 Å². The molecule has 0 spiro atoms. The first kappa shape index (κ1) is 26.9. The van der Waals surface area contributed by atoms with E-state index < -0.39 is 40.7 Å². The summed E-state index contributed by atoms with van der Waals surface area (Å²) in [6, 6.07) is -0.554. The van der Waals surface area contributed by atoms with Crippen molar-refractivity contribution in [2.24, 2.45) is 0 Å². The van der Waals surface area contributed by atoms with Crippen molar-refractivity contribution in [1.29, 1.82) is 0 Å². The molecule has 10 nitrogen and oxygen atoms in total. The van der Waals surface area contributed by atoms with Crippen molar-refractivity contribution in [2.75, 3.05) is 27.2 Å². The third-order valence-electron chi connectivity index (χ3n) is 5.31. The van der Waals surface area contributed by atoms with Gasteiger partial charge in [-0.2, -0.15) is 0 Å². The smallest absolute Gasteiger partial charge is 0.296 e. The Labute approximate surface area is 200 Å². The highest BCUT2D eigenvalue weighted by Gasteiger charge is 2.25. The summed E-state index contributed by atoms with van der Waals surface area (Å²) in [6.45, 7) is 2.10. The molecule has 34 heavy (non-hydrogen) atoms. The molecule has 0 bridgehead atoms. The quantitative estimate of drug-likeness (QED) is 0.323. The van der Waals surface area contributed by atoms with Crippen LogP contribution in [0.15, 0.2) is 39.5 Å². The predicted molar refractivity (Wildman–Crippen MR) is 124 cm³/mol. The molecule has 0 aliphatic heterocycles. The van der Waals surface area contributed by atoms with Crippen LogP contribution in [0.25, 0.3) is 0 Å². The highest BCUT2D eigenvalue weighted by molar-refractivity contribution is 6.30. The summed E-state index contributed by atoms with van der Waals surface area (Å²) in [5.41, 5.74) is -0.710. The molecule has 1 heterocycles. The third-order valence-corrected chi connectivity index (χ3v) is 5.64. The van der Waals surface area contributed by atoms with Crippen LogP contribution in [0.1, 0.15) is 29.7 Å². The minimum Gasteiger partial charge on any atom is -0.501 e. The zero-order valence-corrected chi connectivity index (χ0v) is 19.9. The van der Waals surface area contributed by atoms with Crippen molar-refractivity contribution in [3.8, 4) is 5.75 Å². The topological polar surface area (TPSA) is 134 Å². The average Bonchev–Trinajstić information content (AvgIpc) is 2.99. The van der Waals surface area contributed by atoms with Crippen molar-refractivity contribution in [2.45, 2.75) is 32.4 Å². The van der Waals surface area contributed by atoms with Gasteiger partial charge in [-0.3, -0.25) is 23.7 Å². The van der Waals surface area contributed by atoms with Crippen LogP contribution >= 0.6 is 11.6 Å². The van der Waals surface area contributed by atoms with Crippen LogP contribution in [-0.2, 0) is 22.6 Å². The molecule has 1 aliphatic rings. The number of carbonyl (C=O) groups excluding carboxylic acids is 3. The van der Waals surface area contributed by atoms with E-state index in [1.807, 2.05) is 0 Å². The molecule has 0 fully saturated rings. The minimum absolute atomic E-state index is 0.0148. The Morgan fingerprint density at radius 3 is 2.74 bits per heavy atom. The second kappa shape index (κ2) is 12.2. The molecule has 1 aromatic rings. The summed E-state index contributed by atoms with van der Waals surface area (Å²) < 4.78 is 14.8. The van der Waals surface area contributed by atoms with Crippen molar-refractivity contribution < 1.29 is 23.9 Å². The Morgan fingerprint density at radius 2 is 2.12 bits per heavy atom. The van der Waals surface area contributed by atoms with Crippen LogP contribution in [-0.4, -0.2) is 70.9 Å². The Hall–Kier alpha value is -3.31. The maximum absolute atomic E-state index is 13.6. The van der Waals surface area contributed by atoms with E-state index in [1.54, 1.807) is 20.0 Å². The average molecular weight is 496 g/mol. The second-order valence-corrected chi connectivity index (χ2v) is 7.97. The van der Waals surface area contributed by atoms with Gasteiger partial charge in [0.1, 0.15) is 11.7 Å². The predicted octanol–water partition coefficient (Wildman–Crippen LogP) is 0.793. The highest BCUT2D eigenvalue weighted by Crippen LogP contribution is 2.21. The van der Waals surface area contributed by atoms with E-state index in [2.05, 4.69) is 15.6 Å². The summed E-state index contributed by atoms with van der Waals surface area (Å²) in [5.74, 6) is -2.78. The molecule has 0 saturated heterocycles. The third kappa shape index (κ3) is 6.39. The van der Waals surface area contributed by atoms with Gasteiger partial charge in [-0.05, 0) is 25.6 Å². The lowest BCUT2D eigenvalue weighted by molar-refractivity contribution is -0.139. The Balaban J connectivity index is 2.32. The number of aromatic nitrogens is 2. The number of amides is 2. The lowest BCUT2D eigenvalue weighted by Gasteiger charge is -2.27. The minimum atomic E-state index is -0.813. The number of rotatable bonds is 10. The molecule has 184 valence electrons. The van der Waals surface area contributed by atoms with Gasteiger partial charge in [-0.25, -0.2) is 9.37 Å². The van der Waals surface area contributed by atoms with Crippen LogP contribution in [0.2, 0.25) is 0 Å². The first-order valence-corrected chi connectivity index (χ1v) is 10.9. The number of nitrogens with zero attached hydrogens (tertiary/aromatic N) is 3. The van der Waals surface area contributed by atoms with E-state index in [0.717, 1.165) is 0 Å². The van der Waals surface area contributed by atoms with Gasteiger partial charge in [-0.1, -0.05) is 23.8 Å². The number of hydrogen-bond donors (Lipinski definition) is 3. The molecule has 0 aromatic carbocycles. The molecule has 3 N–H and O–H groups in total. The van der Waals surface area contributed by atoms with Crippen molar-refractivity contribution in [3.63, 3.8) is 0 Å². The molecule has 1 atom stereocenters. The largest absolute Gasteiger partial charge is 0.501 e. The number of likely N-dealkylation sites (N-methyl/N-ethyl adjacent to an activating group) is 2.